The molecule has 2 aromatic rings. The molecule has 2 atom stereocenters. The molecule has 0 bridgehead atoms. The molecule has 0 aliphatic heterocycles. The number of thiophene rings is 1. The van der Waals surface area contributed by atoms with Crippen LogP contribution in [0.1, 0.15) is 17.8 Å². The van der Waals surface area contributed by atoms with Gasteiger partial charge in [-0.3, -0.25) is 4.79 Å². The summed E-state index contributed by atoms with van der Waals surface area (Å²) in [5.41, 5.74) is 6.83. The van der Waals surface area contributed by atoms with Crippen molar-refractivity contribution in [2.24, 2.45) is 5.73 Å². The van der Waals surface area contributed by atoms with Crippen molar-refractivity contribution in [1.29, 1.82) is 0 Å². The van der Waals surface area contributed by atoms with Crippen LogP contribution >= 0.6 is 35.3 Å². The van der Waals surface area contributed by atoms with E-state index in [0.717, 1.165) is 15.3 Å². The van der Waals surface area contributed by atoms with Gasteiger partial charge >= 0.3 is 0 Å². The van der Waals surface area contributed by atoms with Gasteiger partial charge in [-0.25, -0.2) is 0 Å². The summed E-state index contributed by atoms with van der Waals surface area (Å²) in [5.74, 6) is -0.212. The van der Waals surface area contributed by atoms with Crippen molar-refractivity contribution in [3.63, 3.8) is 0 Å². The number of halogens is 2. The molecule has 0 saturated carbocycles. The Morgan fingerprint density at radius 1 is 1.30 bits per heavy atom. The molecule has 0 spiro atoms. The summed E-state index contributed by atoms with van der Waals surface area (Å²) >= 11 is 7.54. The molecule has 23 heavy (non-hydrogen) atoms. The number of benzene rings is 1. The number of carbonyl (C=O) groups is 1. The van der Waals surface area contributed by atoms with Gasteiger partial charge in [-0.1, -0.05) is 23.7 Å². The monoisotopic (exact) mass is 374 g/mol. The minimum atomic E-state index is -0.650. The van der Waals surface area contributed by atoms with Crippen LogP contribution in [0.4, 0.5) is 0 Å². The number of carbonyl (C=O) groups excluding carboxylic acids is 1. The summed E-state index contributed by atoms with van der Waals surface area (Å²) in [6.07, 6.45) is 0. The number of methoxy groups -OCH3 is 1. The Kier molecular flexibility index (Phi) is 8.02. The highest BCUT2D eigenvalue weighted by Crippen LogP contribution is 2.31. The molecular formula is C16H20Cl2N2O2S. The molecule has 0 aliphatic rings. The molecule has 1 heterocycles. The lowest BCUT2D eigenvalue weighted by atomic mass is 10.2. The maximum absolute atomic E-state index is 11.9. The summed E-state index contributed by atoms with van der Waals surface area (Å²) in [4.78, 5) is 14.1. The van der Waals surface area contributed by atoms with Gasteiger partial charge in [0, 0.05) is 21.9 Å². The molecular weight excluding hydrogens is 355 g/mol. The second-order valence-corrected chi connectivity index (χ2v) is 6.55. The smallest absolute Gasteiger partial charge is 0.239 e. The second kappa shape index (κ2) is 9.25. The number of rotatable bonds is 6. The highest BCUT2D eigenvalue weighted by atomic mass is 35.5. The van der Waals surface area contributed by atoms with E-state index < -0.39 is 6.04 Å². The fourth-order valence-electron chi connectivity index (χ4n) is 2.00. The minimum Gasteiger partial charge on any atom is -0.383 e. The lowest BCUT2D eigenvalue weighted by molar-refractivity contribution is -0.124. The number of hydrogen-bond acceptors (Lipinski definition) is 4. The maximum atomic E-state index is 11.9. The number of ether oxygens (including phenoxy) is 1. The van der Waals surface area contributed by atoms with Gasteiger partial charge in [-0.15, -0.1) is 23.7 Å². The van der Waals surface area contributed by atoms with Crippen LogP contribution in [-0.4, -0.2) is 25.7 Å². The SMILES string of the molecule is COCC(N)C(=O)NC(C)c1ccc(-c2ccc(Cl)cc2)s1.Cl. The summed E-state index contributed by atoms with van der Waals surface area (Å²) in [6.45, 7) is 2.15. The lowest BCUT2D eigenvalue weighted by Crippen LogP contribution is -2.44. The molecule has 2 unspecified atom stereocenters. The number of nitrogens with two attached hydrogens (primary N) is 1. The van der Waals surface area contributed by atoms with Crippen LogP contribution in [0.2, 0.25) is 5.02 Å². The van der Waals surface area contributed by atoms with Gasteiger partial charge in [-0.2, -0.15) is 0 Å². The van der Waals surface area contributed by atoms with E-state index in [-0.39, 0.29) is 31.0 Å². The van der Waals surface area contributed by atoms with E-state index in [9.17, 15) is 4.79 Å². The van der Waals surface area contributed by atoms with Crippen LogP contribution in [0, 0.1) is 0 Å². The normalized spacial score (nSPS) is 13.0. The molecule has 2 rings (SSSR count). The highest BCUT2D eigenvalue weighted by Gasteiger charge is 2.17. The fourth-order valence-corrected chi connectivity index (χ4v) is 3.14. The average molecular weight is 375 g/mol. The van der Waals surface area contributed by atoms with Gasteiger partial charge in [0.1, 0.15) is 6.04 Å². The average Bonchev–Trinajstić information content (AvgIpc) is 2.98. The zero-order valence-corrected chi connectivity index (χ0v) is 15.3. The maximum Gasteiger partial charge on any atom is 0.239 e. The van der Waals surface area contributed by atoms with E-state index in [2.05, 4.69) is 5.32 Å². The van der Waals surface area contributed by atoms with Gasteiger partial charge in [0.2, 0.25) is 5.91 Å². The minimum absolute atomic E-state index is 0. The van der Waals surface area contributed by atoms with E-state index in [4.69, 9.17) is 22.1 Å². The Labute approximate surface area is 151 Å². The zero-order valence-electron chi connectivity index (χ0n) is 12.9. The van der Waals surface area contributed by atoms with Crippen LogP contribution in [0.5, 0.6) is 0 Å². The second-order valence-electron chi connectivity index (χ2n) is 5.00. The molecule has 126 valence electrons. The third kappa shape index (κ3) is 5.48. The third-order valence-corrected chi connectivity index (χ3v) is 4.79. The molecule has 0 fully saturated rings. The van der Waals surface area contributed by atoms with Crippen molar-refractivity contribution < 1.29 is 9.53 Å². The van der Waals surface area contributed by atoms with Crippen LogP contribution < -0.4 is 11.1 Å². The fraction of sp³-hybridized carbons (Fsp3) is 0.312. The van der Waals surface area contributed by atoms with Crippen LogP contribution in [0.15, 0.2) is 36.4 Å². The van der Waals surface area contributed by atoms with Gasteiger partial charge < -0.3 is 15.8 Å². The standard InChI is InChI=1S/C16H19ClN2O2S.ClH/c1-10(19-16(20)13(18)9-21-2)14-7-8-15(22-14)11-3-5-12(17)6-4-11;/h3-8,10,13H,9,18H2,1-2H3,(H,19,20);1H. The van der Waals surface area contributed by atoms with Crippen LogP contribution in [0.25, 0.3) is 10.4 Å². The van der Waals surface area contributed by atoms with Crippen molar-refractivity contribution >= 4 is 41.3 Å². The first-order chi connectivity index (χ1) is 10.5. The molecule has 0 aliphatic carbocycles. The summed E-state index contributed by atoms with van der Waals surface area (Å²) in [5, 5.41) is 3.62. The molecule has 1 aromatic carbocycles. The van der Waals surface area contributed by atoms with Gasteiger partial charge in [0.25, 0.3) is 0 Å². The van der Waals surface area contributed by atoms with Crippen LogP contribution in [0.3, 0.4) is 0 Å². The van der Waals surface area contributed by atoms with Crippen molar-refractivity contribution in [3.8, 4) is 10.4 Å². The van der Waals surface area contributed by atoms with E-state index >= 15 is 0 Å². The van der Waals surface area contributed by atoms with Gasteiger partial charge in [0.05, 0.1) is 12.6 Å². The summed E-state index contributed by atoms with van der Waals surface area (Å²) in [6, 6.07) is 11.0. The molecule has 7 heteroatoms. The molecule has 0 radical (unpaired) electrons. The first-order valence-corrected chi connectivity index (χ1v) is 8.11. The van der Waals surface area contributed by atoms with E-state index in [0.29, 0.717) is 5.02 Å². The number of nitrogens with one attached hydrogen (secondary N) is 1. The quantitative estimate of drug-likeness (QED) is 0.810. The number of amides is 1. The van der Waals surface area contributed by atoms with Crippen LogP contribution in [-0.2, 0) is 9.53 Å². The van der Waals surface area contributed by atoms with Gasteiger partial charge in [0.15, 0.2) is 0 Å². The molecule has 1 amide bonds. The Bertz CT molecular complexity index is 631. The first-order valence-electron chi connectivity index (χ1n) is 6.92. The lowest BCUT2D eigenvalue weighted by Gasteiger charge is -2.16. The summed E-state index contributed by atoms with van der Waals surface area (Å²) in [7, 11) is 1.52. The first kappa shape index (κ1) is 19.9. The number of hydrogen-bond donors (Lipinski definition) is 2. The van der Waals surface area contributed by atoms with Crippen molar-refractivity contribution in [2.45, 2.75) is 19.0 Å². The molecule has 1 aromatic heterocycles. The highest BCUT2D eigenvalue weighted by molar-refractivity contribution is 7.15. The Morgan fingerprint density at radius 2 is 1.96 bits per heavy atom. The predicted molar refractivity (Wildman–Crippen MR) is 98.4 cm³/mol. The largest absolute Gasteiger partial charge is 0.383 e. The molecule has 0 saturated heterocycles. The van der Waals surface area contributed by atoms with E-state index in [1.807, 2.05) is 43.3 Å². The Hall–Kier alpha value is -1.11. The Balaban J connectivity index is 0.00000264. The summed E-state index contributed by atoms with van der Waals surface area (Å²) < 4.78 is 4.89. The molecule has 3 N–H and O–H groups in total. The third-order valence-electron chi connectivity index (χ3n) is 3.22. The van der Waals surface area contributed by atoms with Crippen molar-refractivity contribution in [1.82, 2.24) is 5.32 Å². The van der Waals surface area contributed by atoms with Crippen molar-refractivity contribution in [2.75, 3.05) is 13.7 Å². The van der Waals surface area contributed by atoms with E-state index in [1.54, 1.807) is 11.3 Å². The predicted octanol–water partition coefficient (Wildman–Crippen LogP) is 3.64. The van der Waals surface area contributed by atoms with E-state index in [1.165, 1.54) is 7.11 Å². The Morgan fingerprint density at radius 3 is 2.57 bits per heavy atom. The molecule has 4 nitrogen and oxygen atoms in total. The zero-order chi connectivity index (χ0) is 16.1. The van der Waals surface area contributed by atoms with Gasteiger partial charge in [-0.05, 0) is 36.8 Å². The topological polar surface area (TPSA) is 64.3 Å². The van der Waals surface area contributed by atoms with Crippen molar-refractivity contribution in [3.05, 3.63) is 46.3 Å².